The van der Waals surface area contributed by atoms with Gasteiger partial charge in [-0.05, 0) is 29.7 Å². The van der Waals surface area contributed by atoms with Gasteiger partial charge in [0.15, 0.2) is 0 Å². The van der Waals surface area contributed by atoms with Gasteiger partial charge in [-0.1, -0.05) is 91.0 Å². The summed E-state index contributed by atoms with van der Waals surface area (Å²) in [5.41, 5.74) is 2.35. The fourth-order valence-corrected chi connectivity index (χ4v) is 4.18. The number of rotatable bonds is 5. The van der Waals surface area contributed by atoms with Crippen molar-refractivity contribution in [2.24, 2.45) is 5.92 Å². The van der Waals surface area contributed by atoms with Crippen LogP contribution < -0.4 is 0 Å². The standard InChI is InChI=1S/C24H25NO/c26-24(21-12-6-2-7-13-21,22-14-8-3-9-15-22)23-16-17-25(19-23)18-20-10-4-1-5-11-20/h1-15,23,26H,16-19H2/t23-/m1/s1. The van der Waals surface area contributed by atoms with Crippen molar-refractivity contribution in [3.8, 4) is 0 Å². The fraction of sp³-hybridized carbons (Fsp3) is 0.250. The lowest BCUT2D eigenvalue weighted by Gasteiger charge is -2.35. The Balaban J connectivity index is 1.61. The number of nitrogens with zero attached hydrogens (tertiary/aromatic N) is 1. The van der Waals surface area contributed by atoms with Crippen molar-refractivity contribution in [1.82, 2.24) is 4.90 Å². The lowest BCUT2D eigenvalue weighted by atomic mass is 9.75. The van der Waals surface area contributed by atoms with Crippen molar-refractivity contribution in [2.75, 3.05) is 13.1 Å². The van der Waals surface area contributed by atoms with Crippen LogP contribution in [0.3, 0.4) is 0 Å². The summed E-state index contributed by atoms with van der Waals surface area (Å²) >= 11 is 0. The summed E-state index contributed by atoms with van der Waals surface area (Å²) in [4.78, 5) is 2.46. The summed E-state index contributed by atoms with van der Waals surface area (Å²) in [6, 6.07) is 30.8. The monoisotopic (exact) mass is 343 g/mol. The molecule has 0 bridgehead atoms. The highest BCUT2D eigenvalue weighted by Gasteiger charge is 2.43. The van der Waals surface area contributed by atoms with Gasteiger partial charge in [-0.15, -0.1) is 0 Å². The topological polar surface area (TPSA) is 23.5 Å². The van der Waals surface area contributed by atoms with Crippen molar-refractivity contribution in [2.45, 2.75) is 18.6 Å². The maximum atomic E-state index is 11.9. The molecular formula is C24H25NO. The first-order chi connectivity index (χ1) is 12.8. The summed E-state index contributed by atoms with van der Waals surface area (Å²) in [5.74, 6) is 0.177. The van der Waals surface area contributed by atoms with Gasteiger partial charge in [0.05, 0.1) is 0 Å². The van der Waals surface area contributed by atoms with Crippen LogP contribution in [-0.4, -0.2) is 23.1 Å². The van der Waals surface area contributed by atoms with Crippen molar-refractivity contribution < 1.29 is 5.11 Å². The second-order valence-electron chi connectivity index (χ2n) is 7.20. The molecule has 0 saturated carbocycles. The highest BCUT2D eigenvalue weighted by Crippen LogP contribution is 2.41. The Morgan fingerprint density at radius 1 is 0.769 bits per heavy atom. The lowest BCUT2D eigenvalue weighted by molar-refractivity contribution is 0.0196. The molecule has 1 atom stereocenters. The Kier molecular flexibility index (Phi) is 4.87. The van der Waals surface area contributed by atoms with Crippen LogP contribution in [0.25, 0.3) is 0 Å². The van der Waals surface area contributed by atoms with Gasteiger partial charge in [0.2, 0.25) is 0 Å². The smallest absolute Gasteiger partial charge is 0.119 e. The van der Waals surface area contributed by atoms with E-state index in [1.54, 1.807) is 0 Å². The number of aliphatic hydroxyl groups is 1. The van der Waals surface area contributed by atoms with Gasteiger partial charge in [0.25, 0.3) is 0 Å². The van der Waals surface area contributed by atoms with E-state index in [0.29, 0.717) is 0 Å². The van der Waals surface area contributed by atoms with Gasteiger partial charge in [-0.3, -0.25) is 4.90 Å². The third-order valence-electron chi connectivity index (χ3n) is 5.54. The molecule has 2 nitrogen and oxygen atoms in total. The molecule has 0 unspecified atom stereocenters. The number of benzene rings is 3. The Morgan fingerprint density at radius 3 is 1.81 bits per heavy atom. The van der Waals surface area contributed by atoms with Crippen LogP contribution in [0, 0.1) is 5.92 Å². The predicted octanol–water partition coefficient (Wildman–Crippen LogP) is 4.44. The van der Waals surface area contributed by atoms with Gasteiger partial charge < -0.3 is 5.11 Å². The van der Waals surface area contributed by atoms with Crippen LogP contribution in [0.1, 0.15) is 23.1 Å². The summed E-state index contributed by atoms with van der Waals surface area (Å²) in [6.45, 7) is 2.85. The van der Waals surface area contributed by atoms with Gasteiger partial charge in [0, 0.05) is 19.0 Å². The van der Waals surface area contributed by atoms with Gasteiger partial charge >= 0.3 is 0 Å². The second kappa shape index (κ2) is 7.45. The molecule has 1 fully saturated rings. The van der Waals surface area contributed by atoms with E-state index in [2.05, 4.69) is 35.2 Å². The maximum absolute atomic E-state index is 11.9. The van der Waals surface area contributed by atoms with E-state index in [9.17, 15) is 5.11 Å². The molecule has 3 aromatic rings. The third kappa shape index (κ3) is 3.31. The van der Waals surface area contributed by atoms with E-state index < -0.39 is 5.60 Å². The Bertz CT molecular complexity index is 777. The average Bonchev–Trinajstić information content (AvgIpc) is 3.18. The van der Waals surface area contributed by atoms with E-state index in [1.807, 2.05) is 60.7 Å². The molecule has 1 N–H and O–H groups in total. The number of likely N-dealkylation sites (tertiary alicyclic amines) is 1. The van der Waals surface area contributed by atoms with Crippen molar-refractivity contribution in [3.63, 3.8) is 0 Å². The minimum atomic E-state index is -0.950. The molecule has 2 heteroatoms. The predicted molar refractivity (Wildman–Crippen MR) is 106 cm³/mol. The minimum absolute atomic E-state index is 0.177. The third-order valence-corrected chi connectivity index (χ3v) is 5.54. The molecule has 0 aromatic heterocycles. The van der Waals surface area contributed by atoms with E-state index in [0.717, 1.165) is 37.2 Å². The Labute approximate surface area is 155 Å². The second-order valence-corrected chi connectivity index (χ2v) is 7.20. The molecule has 1 saturated heterocycles. The van der Waals surface area contributed by atoms with Gasteiger partial charge in [-0.2, -0.15) is 0 Å². The highest BCUT2D eigenvalue weighted by molar-refractivity contribution is 5.37. The number of hydrogen-bond donors (Lipinski definition) is 1. The van der Waals surface area contributed by atoms with E-state index >= 15 is 0 Å². The van der Waals surface area contributed by atoms with Crippen LogP contribution >= 0.6 is 0 Å². The first-order valence-electron chi connectivity index (χ1n) is 9.36. The normalized spacial score (nSPS) is 18.1. The van der Waals surface area contributed by atoms with Crippen molar-refractivity contribution in [1.29, 1.82) is 0 Å². The molecule has 0 aliphatic carbocycles. The summed E-state index contributed by atoms with van der Waals surface area (Å²) < 4.78 is 0. The molecule has 0 amide bonds. The highest BCUT2D eigenvalue weighted by atomic mass is 16.3. The lowest BCUT2D eigenvalue weighted by Crippen LogP contribution is -2.38. The summed E-state index contributed by atoms with van der Waals surface area (Å²) in [7, 11) is 0. The number of hydrogen-bond acceptors (Lipinski definition) is 2. The molecule has 4 rings (SSSR count). The van der Waals surface area contributed by atoms with Gasteiger partial charge in [-0.25, -0.2) is 0 Å². The quantitative estimate of drug-likeness (QED) is 0.740. The maximum Gasteiger partial charge on any atom is 0.119 e. The van der Waals surface area contributed by atoms with Crippen LogP contribution in [-0.2, 0) is 12.1 Å². The summed E-state index contributed by atoms with van der Waals surface area (Å²) in [6.07, 6.45) is 0.993. The molecule has 26 heavy (non-hydrogen) atoms. The molecule has 1 heterocycles. The zero-order valence-corrected chi connectivity index (χ0v) is 15.0. The zero-order valence-electron chi connectivity index (χ0n) is 15.0. The van der Waals surface area contributed by atoms with Crippen molar-refractivity contribution in [3.05, 3.63) is 108 Å². The molecular weight excluding hydrogens is 318 g/mol. The van der Waals surface area contributed by atoms with Crippen LogP contribution in [0.5, 0.6) is 0 Å². The first kappa shape index (κ1) is 17.0. The first-order valence-corrected chi connectivity index (χ1v) is 9.36. The molecule has 0 radical (unpaired) electrons. The minimum Gasteiger partial charge on any atom is -0.380 e. The van der Waals surface area contributed by atoms with E-state index in [4.69, 9.17) is 0 Å². The average molecular weight is 343 g/mol. The molecule has 0 spiro atoms. The SMILES string of the molecule is OC(c1ccccc1)(c1ccccc1)[C@@H]1CCN(Cc2ccccc2)C1. The zero-order chi connectivity index (χ0) is 17.8. The van der Waals surface area contributed by atoms with Crippen LogP contribution in [0.4, 0.5) is 0 Å². The molecule has 1 aliphatic rings. The largest absolute Gasteiger partial charge is 0.380 e. The molecule has 132 valence electrons. The van der Waals surface area contributed by atoms with Crippen LogP contribution in [0.15, 0.2) is 91.0 Å². The van der Waals surface area contributed by atoms with Gasteiger partial charge in [0.1, 0.15) is 5.60 Å². The van der Waals surface area contributed by atoms with E-state index in [1.165, 1.54) is 5.56 Å². The Morgan fingerprint density at radius 2 is 1.27 bits per heavy atom. The summed E-state index contributed by atoms with van der Waals surface area (Å²) in [5, 5.41) is 11.9. The van der Waals surface area contributed by atoms with Crippen molar-refractivity contribution >= 4 is 0 Å². The molecule has 1 aliphatic heterocycles. The Hall–Kier alpha value is -2.42. The van der Waals surface area contributed by atoms with Crippen LogP contribution in [0.2, 0.25) is 0 Å². The molecule has 3 aromatic carbocycles. The van der Waals surface area contributed by atoms with E-state index in [-0.39, 0.29) is 5.92 Å². The fourth-order valence-electron chi connectivity index (χ4n) is 4.18.